The van der Waals surface area contributed by atoms with E-state index in [0.717, 1.165) is 11.8 Å². The van der Waals surface area contributed by atoms with E-state index >= 15 is 0 Å². The second kappa shape index (κ2) is 6.32. The third-order valence-electron chi connectivity index (χ3n) is 1.90. The largest absolute Gasteiger partial charge is 0.496 e. The second-order valence-corrected chi connectivity index (χ2v) is 3.77. The van der Waals surface area contributed by atoms with Crippen LogP contribution in [0.1, 0.15) is 6.42 Å². The van der Waals surface area contributed by atoms with Crippen molar-refractivity contribution >= 4 is 21.6 Å². The van der Waals surface area contributed by atoms with E-state index in [2.05, 4.69) is 15.9 Å². The maximum Gasteiger partial charge on any atom is 0.314 e. The van der Waals surface area contributed by atoms with Crippen molar-refractivity contribution in [2.45, 2.75) is 6.42 Å². The molecule has 0 spiro atoms. The summed E-state index contributed by atoms with van der Waals surface area (Å²) in [6.07, 6.45) is 0.795. The molecule has 1 rings (SSSR count). The Morgan fingerprint density at radius 2 is 2.25 bits per heavy atom. The fourth-order valence-corrected chi connectivity index (χ4v) is 1.35. The van der Waals surface area contributed by atoms with Crippen molar-refractivity contribution in [1.82, 2.24) is 0 Å². The molecule has 0 saturated carbocycles. The Morgan fingerprint density at radius 1 is 1.50 bits per heavy atom. The normalized spacial score (nSPS) is 9.88. The molecule has 0 aromatic heterocycles. The van der Waals surface area contributed by atoms with Gasteiger partial charge in [-0.3, -0.25) is 10.1 Å². The molecule has 0 fully saturated rings. The molecule has 0 radical (unpaired) electrons. The summed E-state index contributed by atoms with van der Waals surface area (Å²) in [4.78, 5) is 10.3. The molecule has 5 nitrogen and oxygen atoms in total. The van der Waals surface area contributed by atoms with Gasteiger partial charge < -0.3 is 9.47 Å². The highest BCUT2D eigenvalue weighted by atomic mass is 79.9. The van der Waals surface area contributed by atoms with Gasteiger partial charge in [0.15, 0.2) is 5.75 Å². The number of rotatable bonds is 6. The Morgan fingerprint density at radius 3 is 2.81 bits per heavy atom. The van der Waals surface area contributed by atoms with Crippen molar-refractivity contribution in [3.63, 3.8) is 0 Å². The van der Waals surface area contributed by atoms with Gasteiger partial charge in [0.1, 0.15) is 5.75 Å². The highest BCUT2D eigenvalue weighted by molar-refractivity contribution is 9.09. The molecule has 1 aromatic rings. The van der Waals surface area contributed by atoms with Crippen LogP contribution in [0.2, 0.25) is 0 Å². The van der Waals surface area contributed by atoms with Gasteiger partial charge in [0.05, 0.1) is 24.7 Å². The molecular formula is C10H12BrNO4. The van der Waals surface area contributed by atoms with E-state index < -0.39 is 4.92 Å². The highest BCUT2D eigenvalue weighted by Crippen LogP contribution is 2.30. The van der Waals surface area contributed by atoms with Crippen molar-refractivity contribution in [3.05, 3.63) is 28.3 Å². The molecule has 6 heteroatoms. The summed E-state index contributed by atoms with van der Waals surface area (Å²) in [5, 5.41) is 11.6. The summed E-state index contributed by atoms with van der Waals surface area (Å²) in [6.45, 7) is 0.443. The molecule has 0 amide bonds. The average molecular weight is 290 g/mol. The third kappa shape index (κ3) is 3.37. The predicted molar refractivity (Wildman–Crippen MR) is 63.6 cm³/mol. The molecule has 0 aliphatic carbocycles. The van der Waals surface area contributed by atoms with Crippen LogP contribution < -0.4 is 9.47 Å². The van der Waals surface area contributed by atoms with Gasteiger partial charge in [0.2, 0.25) is 0 Å². The van der Waals surface area contributed by atoms with Gasteiger partial charge >= 0.3 is 5.69 Å². The Hall–Kier alpha value is -1.30. The van der Waals surface area contributed by atoms with E-state index in [1.807, 2.05) is 0 Å². The van der Waals surface area contributed by atoms with E-state index in [0.29, 0.717) is 12.4 Å². The van der Waals surface area contributed by atoms with Gasteiger partial charge in [0.25, 0.3) is 0 Å². The summed E-state index contributed by atoms with van der Waals surface area (Å²) < 4.78 is 10.2. The first kappa shape index (κ1) is 12.8. The second-order valence-electron chi connectivity index (χ2n) is 2.98. The number of nitro groups is 1. The van der Waals surface area contributed by atoms with Crippen molar-refractivity contribution in [2.75, 3.05) is 19.0 Å². The number of hydrogen-bond donors (Lipinski definition) is 0. The average Bonchev–Trinajstić information content (AvgIpc) is 2.29. The Kier molecular flexibility index (Phi) is 5.04. The first-order valence-electron chi connectivity index (χ1n) is 4.70. The molecule has 0 aliphatic rings. The fourth-order valence-electron chi connectivity index (χ4n) is 1.13. The van der Waals surface area contributed by atoms with E-state index in [1.165, 1.54) is 13.2 Å². The summed E-state index contributed by atoms with van der Waals surface area (Å²) in [6, 6.07) is 4.53. The molecule has 0 atom stereocenters. The molecule has 16 heavy (non-hydrogen) atoms. The molecule has 1 aromatic carbocycles. The minimum absolute atomic E-state index is 0.0751. The quantitative estimate of drug-likeness (QED) is 0.350. The molecule has 0 N–H and O–H groups in total. The van der Waals surface area contributed by atoms with Gasteiger partial charge in [-0.15, -0.1) is 0 Å². The number of ether oxygens (including phenoxy) is 2. The van der Waals surface area contributed by atoms with Crippen LogP contribution in [-0.4, -0.2) is 24.0 Å². The van der Waals surface area contributed by atoms with Crippen molar-refractivity contribution in [1.29, 1.82) is 0 Å². The van der Waals surface area contributed by atoms with Gasteiger partial charge in [-0.2, -0.15) is 0 Å². The Balaban J connectivity index is 2.85. The van der Waals surface area contributed by atoms with Gasteiger partial charge in [-0.05, 0) is 18.6 Å². The summed E-state index contributed by atoms with van der Waals surface area (Å²) in [5.41, 5.74) is -0.0751. The minimum atomic E-state index is -0.480. The maximum absolute atomic E-state index is 10.8. The van der Waals surface area contributed by atoms with Crippen LogP contribution in [0, 0.1) is 10.1 Å². The molecule has 0 saturated heterocycles. The van der Waals surface area contributed by atoms with Crippen LogP contribution in [0.3, 0.4) is 0 Å². The molecule has 0 heterocycles. The van der Waals surface area contributed by atoms with Gasteiger partial charge in [-0.25, -0.2) is 0 Å². The topological polar surface area (TPSA) is 61.6 Å². The van der Waals surface area contributed by atoms with Crippen molar-refractivity contribution < 1.29 is 14.4 Å². The number of benzene rings is 1. The lowest BCUT2D eigenvalue weighted by molar-refractivity contribution is -0.385. The number of alkyl halides is 1. The van der Waals surface area contributed by atoms with E-state index in [4.69, 9.17) is 9.47 Å². The van der Waals surface area contributed by atoms with Gasteiger partial charge in [0, 0.05) is 5.33 Å². The Labute approximate surface area is 102 Å². The zero-order valence-corrected chi connectivity index (χ0v) is 10.4. The van der Waals surface area contributed by atoms with Crippen LogP contribution in [0.15, 0.2) is 18.2 Å². The molecular weight excluding hydrogens is 278 g/mol. The number of nitrogens with zero attached hydrogens (tertiary/aromatic N) is 1. The Bertz CT molecular complexity index is 370. The number of hydrogen-bond acceptors (Lipinski definition) is 4. The van der Waals surface area contributed by atoms with E-state index in [9.17, 15) is 10.1 Å². The number of halogens is 1. The molecule has 0 aliphatic heterocycles. The van der Waals surface area contributed by atoms with Crippen LogP contribution in [-0.2, 0) is 0 Å². The van der Waals surface area contributed by atoms with Crippen molar-refractivity contribution in [2.24, 2.45) is 0 Å². The summed E-state index contributed by atoms with van der Waals surface area (Å²) in [5.74, 6) is 0.714. The zero-order valence-electron chi connectivity index (χ0n) is 8.81. The van der Waals surface area contributed by atoms with E-state index in [1.54, 1.807) is 12.1 Å². The maximum atomic E-state index is 10.8. The van der Waals surface area contributed by atoms with Crippen LogP contribution in [0.5, 0.6) is 11.5 Å². The van der Waals surface area contributed by atoms with Gasteiger partial charge in [-0.1, -0.05) is 15.9 Å². The highest BCUT2D eigenvalue weighted by Gasteiger charge is 2.16. The van der Waals surface area contributed by atoms with E-state index in [-0.39, 0.29) is 11.4 Å². The monoisotopic (exact) mass is 289 g/mol. The lowest BCUT2D eigenvalue weighted by Crippen LogP contribution is -2.01. The lowest BCUT2D eigenvalue weighted by Gasteiger charge is -2.06. The zero-order chi connectivity index (χ0) is 12.0. The van der Waals surface area contributed by atoms with Crippen LogP contribution >= 0.6 is 15.9 Å². The first-order valence-corrected chi connectivity index (χ1v) is 5.82. The predicted octanol–water partition coefficient (Wildman–Crippen LogP) is 2.77. The fraction of sp³-hybridized carbons (Fsp3) is 0.400. The standard InChI is InChI=1S/C10H12BrNO4/c1-15-8-3-4-10(16-6-2-5-11)9(7-8)12(13)14/h3-4,7H,2,5-6H2,1H3. The SMILES string of the molecule is COc1ccc(OCCCBr)c([N+](=O)[O-])c1. The molecule has 0 bridgehead atoms. The number of methoxy groups -OCH3 is 1. The lowest BCUT2D eigenvalue weighted by atomic mass is 10.3. The third-order valence-corrected chi connectivity index (χ3v) is 2.46. The minimum Gasteiger partial charge on any atom is -0.496 e. The summed E-state index contributed by atoms with van der Waals surface area (Å²) >= 11 is 3.26. The summed E-state index contributed by atoms with van der Waals surface area (Å²) in [7, 11) is 1.46. The van der Waals surface area contributed by atoms with Crippen LogP contribution in [0.25, 0.3) is 0 Å². The number of nitro benzene ring substituents is 1. The van der Waals surface area contributed by atoms with Crippen molar-refractivity contribution in [3.8, 4) is 11.5 Å². The molecule has 0 unspecified atom stereocenters. The first-order chi connectivity index (χ1) is 7.69. The molecule has 88 valence electrons. The van der Waals surface area contributed by atoms with Crippen LogP contribution in [0.4, 0.5) is 5.69 Å². The smallest absolute Gasteiger partial charge is 0.314 e.